The van der Waals surface area contributed by atoms with Crippen LogP contribution in [0.15, 0.2) is 42.6 Å². The van der Waals surface area contributed by atoms with Gasteiger partial charge in [0.1, 0.15) is 18.5 Å². The highest BCUT2D eigenvalue weighted by Gasteiger charge is 2.17. The quantitative estimate of drug-likeness (QED) is 0.502. The standard InChI is InChI=1S/C22H28N4O4/c1-15(2)29-14-20-24-25-22(26(20)18-8-11-21(28-5)23-12-18)17-6-9-19(10-7-17)30-16(3)13-27-4/h6-12,15-16H,13-14H2,1-5H3/t16-/m0/s1. The van der Waals surface area contributed by atoms with Crippen LogP contribution in [0.25, 0.3) is 17.1 Å². The van der Waals surface area contributed by atoms with Crippen molar-refractivity contribution in [2.24, 2.45) is 0 Å². The van der Waals surface area contributed by atoms with E-state index in [1.807, 2.05) is 55.7 Å². The maximum absolute atomic E-state index is 5.84. The average Bonchev–Trinajstić information content (AvgIpc) is 3.17. The molecule has 8 heteroatoms. The van der Waals surface area contributed by atoms with Crippen molar-refractivity contribution < 1.29 is 18.9 Å². The van der Waals surface area contributed by atoms with Gasteiger partial charge >= 0.3 is 0 Å². The molecule has 0 aliphatic heterocycles. The number of benzene rings is 1. The molecule has 2 aromatic heterocycles. The summed E-state index contributed by atoms with van der Waals surface area (Å²) in [5.74, 6) is 2.70. The van der Waals surface area contributed by atoms with Crippen LogP contribution in [-0.4, -0.2) is 52.8 Å². The van der Waals surface area contributed by atoms with Gasteiger partial charge in [-0.25, -0.2) is 4.98 Å². The Kier molecular flexibility index (Phi) is 7.37. The Hall–Kier alpha value is -2.97. The normalized spacial score (nSPS) is 12.2. The van der Waals surface area contributed by atoms with Gasteiger partial charge in [-0.05, 0) is 51.1 Å². The molecule has 0 amide bonds. The van der Waals surface area contributed by atoms with Gasteiger partial charge in [-0.1, -0.05) is 0 Å². The Morgan fingerprint density at radius 2 is 1.73 bits per heavy atom. The van der Waals surface area contributed by atoms with E-state index in [1.165, 1.54) is 0 Å². The van der Waals surface area contributed by atoms with Crippen molar-refractivity contribution in [1.29, 1.82) is 0 Å². The maximum atomic E-state index is 5.84. The number of hydrogen-bond acceptors (Lipinski definition) is 7. The molecular weight excluding hydrogens is 384 g/mol. The second-order valence-electron chi connectivity index (χ2n) is 7.10. The number of rotatable bonds is 10. The van der Waals surface area contributed by atoms with E-state index in [4.69, 9.17) is 18.9 Å². The van der Waals surface area contributed by atoms with Gasteiger partial charge in [-0.3, -0.25) is 4.57 Å². The minimum Gasteiger partial charge on any atom is -0.488 e. The molecule has 0 unspecified atom stereocenters. The first kappa shape index (κ1) is 21.7. The van der Waals surface area contributed by atoms with Crippen LogP contribution in [0.4, 0.5) is 0 Å². The van der Waals surface area contributed by atoms with Crippen molar-refractivity contribution >= 4 is 0 Å². The predicted molar refractivity (Wildman–Crippen MR) is 113 cm³/mol. The molecule has 0 radical (unpaired) electrons. The van der Waals surface area contributed by atoms with Crippen molar-refractivity contribution in [3.8, 4) is 28.7 Å². The largest absolute Gasteiger partial charge is 0.488 e. The second kappa shape index (κ2) is 10.2. The van der Waals surface area contributed by atoms with Crippen LogP contribution in [0.5, 0.6) is 11.6 Å². The highest BCUT2D eigenvalue weighted by atomic mass is 16.5. The number of aromatic nitrogens is 4. The third-order valence-corrected chi connectivity index (χ3v) is 4.32. The smallest absolute Gasteiger partial charge is 0.213 e. The van der Waals surface area contributed by atoms with Crippen molar-refractivity contribution in [3.63, 3.8) is 0 Å². The topological polar surface area (TPSA) is 80.5 Å². The molecule has 0 saturated heterocycles. The Bertz CT molecular complexity index is 923. The molecule has 0 saturated carbocycles. The lowest BCUT2D eigenvalue weighted by atomic mass is 10.2. The highest BCUT2D eigenvalue weighted by molar-refractivity contribution is 5.59. The van der Waals surface area contributed by atoms with Gasteiger partial charge in [0.15, 0.2) is 11.6 Å². The van der Waals surface area contributed by atoms with Crippen LogP contribution in [0.1, 0.15) is 26.6 Å². The van der Waals surface area contributed by atoms with Gasteiger partial charge in [-0.2, -0.15) is 0 Å². The predicted octanol–water partition coefficient (Wildman–Crippen LogP) is 3.68. The summed E-state index contributed by atoms with van der Waals surface area (Å²) in [6.07, 6.45) is 1.78. The number of hydrogen-bond donors (Lipinski definition) is 0. The zero-order valence-electron chi connectivity index (χ0n) is 18.0. The second-order valence-corrected chi connectivity index (χ2v) is 7.10. The van der Waals surface area contributed by atoms with Crippen LogP contribution < -0.4 is 9.47 Å². The third kappa shape index (κ3) is 5.34. The lowest BCUT2D eigenvalue weighted by Gasteiger charge is -2.14. The van der Waals surface area contributed by atoms with Crippen molar-refractivity contribution in [3.05, 3.63) is 48.4 Å². The fraction of sp³-hybridized carbons (Fsp3) is 0.409. The summed E-state index contributed by atoms with van der Waals surface area (Å²) in [5.41, 5.74) is 1.73. The molecule has 8 nitrogen and oxygen atoms in total. The zero-order chi connectivity index (χ0) is 21.5. The number of nitrogens with zero attached hydrogens (tertiary/aromatic N) is 4. The van der Waals surface area contributed by atoms with Gasteiger partial charge in [0.25, 0.3) is 0 Å². The van der Waals surface area contributed by atoms with Gasteiger partial charge < -0.3 is 18.9 Å². The van der Waals surface area contributed by atoms with Gasteiger partial charge in [0.2, 0.25) is 5.88 Å². The molecule has 3 aromatic rings. The lowest BCUT2D eigenvalue weighted by molar-refractivity contribution is 0.0604. The first-order valence-corrected chi connectivity index (χ1v) is 9.84. The summed E-state index contributed by atoms with van der Waals surface area (Å²) in [6.45, 7) is 6.80. The van der Waals surface area contributed by atoms with Crippen molar-refractivity contribution in [1.82, 2.24) is 19.7 Å². The monoisotopic (exact) mass is 412 g/mol. The van der Waals surface area contributed by atoms with Crippen LogP contribution >= 0.6 is 0 Å². The summed E-state index contributed by atoms with van der Waals surface area (Å²) >= 11 is 0. The fourth-order valence-electron chi connectivity index (χ4n) is 2.92. The van der Waals surface area contributed by atoms with E-state index in [2.05, 4.69) is 15.2 Å². The first-order valence-electron chi connectivity index (χ1n) is 9.84. The lowest BCUT2D eigenvalue weighted by Crippen LogP contribution is -2.17. The molecule has 160 valence electrons. The van der Waals surface area contributed by atoms with E-state index in [1.54, 1.807) is 26.5 Å². The van der Waals surface area contributed by atoms with Crippen molar-refractivity contribution in [2.75, 3.05) is 20.8 Å². The molecule has 0 aliphatic rings. The molecule has 30 heavy (non-hydrogen) atoms. The Labute approximate surface area is 176 Å². The SMILES string of the molecule is COC[C@H](C)Oc1ccc(-c2nnc(COC(C)C)n2-c2ccc(OC)nc2)cc1. The molecule has 1 atom stereocenters. The van der Waals surface area contributed by atoms with Gasteiger partial charge in [0.05, 0.1) is 31.7 Å². The third-order valence-electron chi connectivity index (χ3n) is 4.32. The van der Waals surface area contributed by atoms with Crippen LogP contribution in [0.2, 0.25) is 0 Å². The minimum absolute atomic E-state index is 0.0327. The van der Waals surface area contributed by atoms with Crippen LogP contribution in [0.3, 0.4) is 0 Å². The Balaban J connectivity index is 1.93. The number of pyridine rings is 1. The molecule has 0 N–H and O–H groups in total. The molecule has 0 fully saturated rings. The van der Waals surface area contributed by atoms with Gasteiger partial charge in [-0.15, -0.1) is 10.2 Å². The van der Waals surface area contributed by atoms with E-state index < -0.39 is 0 Å². The molecule has 0 aliphatic carbocycles. The molecule has 0 spiro atoms. The molecule has 0 bridgehead atoms. The molecule has 2 heterocycles. The van der Waals surface area contributed by atoms with E-state index >= 15 is 0 Å². The number of ether oxygens (including phenoxy) is 4. The van der Waals surface area contributed by atoms with E-state index in [0.717, 1.165) is 17.0 Å². The average molecular weight is 412 g/mol. The Morgan fingerprint density at radius 3 is 2.33 bits per heavy atom. The molecular formula is C22H28N4O4. The van der Waals surface area contributed by atoms with E-state index in [9.17, 15) is 0 Å². The molecule has 1 aromatic carbocycles. The summed E-state index contributed by atoms with van der Waals surface area (Å²) < 4.78 is 23.8. The fourth-order valence-corrected chi connectivity index (χ4v) is 2.92. The summed E-state index contributed by atoms with van der Waals surface area (Å²) in [6, 6.07) is 11.5. The first-order chi connectivity index (χ1) is 14.5. The maximum Gasteiger partial charge on any atom is 0.213 e. The van der Waals surface area contributed by atoms with Crippen LogP contribution in [-0.2, 0) is 16.1 Å². The van der Waals surface area contributed by atoms with E-state index in [-0.39, 0.29) is 12.2 Å². The minimum atomic E-state index is -0.0327. The zero-order valence-corrected chi connectivity index (χ0v) is 18.0. The highest BCUT2D eigenvalue weighted by Crippen LogP contribution is 2.26. The summed E-state index contributed by atoms with van der Waals surface area (Å²) in [5, 5.41) is 8.78. The van der Waals surface area contributed by atoms with Gasteiger partial charge in [0, 0.05) is 18.7 Å². The molecule has 3 rings (SSSR count). The van der Waals surface area contributed by atoms with Crippen molar-refractivity contribution in [2.45, 2.75) is 39.6 Å². The summed E-state index contributed by atoms with van der Waals surface area (Å²) in [4.78, 5) is 4.32. The van der Waals surface area contributed by atoms with Crippen LogP contribution in [0, 0.1) is 0 Å². The summed E-state index contributed by atoms with van der Waals surface area (Å²) in [7, 11) is 3.25. The number of methoxy groups -OCH3 is 2. The van der Waals surface area contributed by atoms with E-state index in [0.29, 0.717) is 30.7 Å². The Morgan fingerprint density at radius 1 is 0.967 bits per heavy atom.